The van der Waals surface area contributed by atoms with Gasteiger partial charge in [-0.05, 0) is 61.0 Å². The van der Waals surface area contributed by atoms with Gasteiger partial charge in [-0.3, -0.25) is 9.59 Å². The number of alkyl halides is 3. The van der Waals surface area contributed by atoms with Gasteiger partial charge in [0.25, 0.3) is 11.8 Å². The average molecular weight is 458 g/mol. The molecule has 3 rings (SSSR count). The standard InChI is InChI=1S/C24H21F3N2O4/c1-14-7-9-18(28-22(30)15-5-4-6-17(11-15)24(25,26)27)13-19(14)29-23(31)16-8-10-20(32-2)21(12-16)33-3/h4-13H,1-3H3,(H,28,30)(H,29,31). The van der Waals surface area contributed by atoms with Gasteiger partial charge in [0.1, 0.15) is 0 Å². The van der Waals surface area contributed by atoms with Crippen LogP contribution in [0.3, 0.4) is 0 Å². The predicted molar refractivity (Wildman–Crippen MR) is 118 cm³/mol. The molecule has 0 aliphatic heterocycles. The summed E-state index contributed by atoms with van der Waals surface area (Å²) in [4.78, 5) is 25.2. The molecule has 3 aromatic carbocycles. The lowest BCUT2D eigenvalue weighted by Crippen LogP contribution is -2.15. The third-order valence-corrected chi connectivity index (χ3v) is 4.84. The van der Waals surface area contributed by atoms with Crippen molar-refractivity contribution in [3.63, 3.8) is 0 Å². The molecular formula is C24H21F3N2O4. The zero-order valence-corrected chi connectivity index (χ0v) is 18.0. The fourth-order valence-corrected chi connectivity index (χ4v) is 3.05. The summed E-state index contributed by atoms with van der Waals surface area (Å²) in [5.41, 5.74) is 0.733. The topological polar surface area (TPSA) is 76.7 Å². The predicted octanol–water partition coefficient (Wildman–Crippen LogP) is 5.54. The summed E-state index contributed by atoms with van der Waals surface area (Å²) >= 11 is 0. The molecule has 3 aromatic rings. The van der Waals surface area contributed by atoms with E-state index in [-0.39, 0.29) is 5.56 Å². The summed E-state index contributed by atoms with van der Waals surface area (Å²) in [5.74, 6) is -0.254. The van der Waals surface area contributed by atoms with Crippen molar-refractivity contribution >= 4 is 23.2 Å². The van der Waals surface area contributed by atoms with E-state index in [1.54, 1.807) is 31.2 Å². The van der Waals surface area contributed by atoms with Crippen molar-refractivity contribution < 1.29 is 32.2 Å². The molecule has 0 aromatic heterocycles. The van der Waals surface area contributed by atoms with E-state index in [0.717, 1.165) is 17.7 Å². The molecule has 0 aliphatic rings. The minimum atomic E-state index is -4.55. The molecule has 0 saturated heterocycles. The highest BCUT2D eigenvalue weighted by molar-refractivity contribution is 6.07. The molecule has 0 heterocycles. The average Bonchev–Trinajstić information content (AvgIpc) is 2.80. The van der Waals surface area contributed by atoms with Crippen LogP contribution in [0.5, 0.6) is 11.5 Å². The number of nitrogens with one attached hydrogen (secondary N) is 2. The van der Waals surface area contributed by atoms with Crippen molar-refractivity contribution in [3.8, 4) is 11.5 Å². The van der Waals surface area contributed by atoms with Crippen LogP contribution in [0.15, 0.2) is 60.7 Å². The maximum atomic E-state index is 12.9. The van der Waals surface area contributed by atoms with E-state index in [2.05, 4.69) is 10.6 Å². The van der Waals surface area contributed by atoms with Crippen LogP contribution in [0, 0.1) is 6.92 Å². The smallest absolute Gasteiger partial charge is 0.416 e. The van der Waals surface area contributed by atoms with E-state index in [1.165, 1.54) is 38.5 Å². The van der Waals surface area contributed by atoms with Gasteiger partial charge in [-0.25, -0.2) is 0 Å². The SMILES string of the molecule is COc1ccc(C(=O)Nc2cc(NC(=O)c3cccc(C(F)(F)F)c3)ccc2C)cc1OC. The summed E-state index contributed by atoms with van der Waals surface area (Å²) < 4.78 is 49.1. The molecular weight excluding hydrogens is 437 g/mol. The van der Waals surface area contributed by atoms with Gasteiger partial charge in [-0.15, -0.1) is 0 Å². The van der Waals surface area contributed by atoms with Crippen LogP contribution < -0.4 is 20.1 Å². The summed E-state index contributed by atoms with van der Waals surface area (Å²) in [6, 6.07) is 13.6. The van der Waals surface area contributed by atoms with Crippen LogP contribution in [-0.4, -0.2) is 26.0 Å². The molecule has 2 amide bonds. The van der Waals surface area contributed by atoms with Gasteiger partial charge in [0.05, 0.1) is 19.8 Å². The molecule has 0 fully saturated rings. The van der Waals surface area contributed by atoms with E-state index in [9.17, 15) is 22.8 Å². The molecule has 33 heavy (non-hydrogen) atoms. The highest BCUT2D eigenvalue weighted by Gasteiger charge is 2.30. The number of amides is 2. The summed E-state index contributed by atoms with van der Waals surface area (Å²) in [6.07, 6.45) is -4.55. The Bertz CT molecular complexity index is 1190. The molecule has 0 bridgehead atoms. The largest absolute Gasteiger partial charge is 0.493 e. The van der Waals surface area contributed by atoms with E-state index >= 15 is 0 Å². The lowest BCUT2D eigenvalue weighted by Gasteiger charge is -2.13. The first kappa shape index (κ1) is 23.6. The highest BCUT2D eigenvalue weighted by Crippen LogP contribution is 2.30. The van der Waals surface area contributed by atoms with E-state index in [4.69, 9.17) is 9.47 Å². The lowest BCUT2D eigenvalue weighted by atomic mass is 10.1. The molecule has 0 aliphatic carbocycles. The van der Waals surface area contributed by atoms with Crippen molar-refractivity contribution in [1.29, 1.82) is 0 Å². The number of rotatable bonds is 6. The quantitative estimate of drug-likeness (QED) is 0.509. The minimum Gasteiger partial charge on any atom is -0.493 e. The molecule has 0 saturated carbocycles. The molecule has 0 radical (unpaired) electrons. The number of anilines is 2. The number of hydrogen-bond acceptors (Lipinski definition) is 4. The Morgan fingerprint density at radius 1 is 0.788 bits per heavy atom. The molecule has 0 unspecified atom stereocenters. The Hall–Kier alpha value is -4.01. The monoisotopic (exact) mass is 458 g/mol. The number of methoxy groups -OCH3 is 2. The molecule has 6 nitrogen and oxygen atoms in total. The molecule has 172 valence electrons. The molecule has 0 atom stereocenters. The van der Waals surface area contributed by atoms with Crippen LogP contribution in [0.25, 0.3) is 0 Å². The van der Waals surface area contributed by atoms with Crippen LogP contribution in [-0.2, 0) is 6.18 Å². The first-order valence-corrected chi connectivity index (χ1v) is 9.75. The maximum absolute atomic E-state index is 12.9. The van der Waals surface area contributed by atoms with Gasteiger partial charge in [-0.2, -0.15) is 13.2 Å². The fourth-order valence-electron chi connectivity index (χ4n) is 3.05. The van der Waals surface area contributed by atoms with Crippen molar-refractivity contribution in [2.24, 2.45) is 0 Å². The number of hydrogen-bond donors (Lipinski definition) is 2. The second-order valence-corrected chi connectivity index (χ2v) is 7.09. The van der Waals surface area contributed by atoms with Crippen LogP contribution in [0.2, 0.25) is 0 Å². The van der Waals surface area contributed by atoms with Crippen LogP contribution in [0.1, 0.15) is 31.8 Å². The van der Waals surface area contributed by atoms with E-state index in [0.29, 0.717) is 28.4 Å². The van der Waals surface area contributed by atoms with Gasteiger partial charge in [0.2, 0.25) is 0 Å². The second-order valence-electron chi connectivity index (χ2n) is 7.09. The zero-order valence-electron chi connectivity index (χ0n) is 18.0. The first-order valence-electron chi connectivity index (χ1n) is 9.75. The first-order chi connectivity index (χ1) is 15.6. The summed E-state index contributed by atoms with van der Waals surface area (Å²) in [6.45, 7) is 1.77. The van der Waals surface area contributed by atoms with E-state index in [1.807, 2.05) is 0 Å². The van der Waals surface area contributed by atoms with Gasteiger partial charge in [0.15, 0.2) is 11.5 Å². The van der Waals surface area contributed by atoms with Crippen molar-refractivity contribution in [1.82, 2.24) is 0 Å². The highest BCUT2D eigenvalue weighted by atomic mass is 19.4. The van der Waals surface area contributed by atoms with Gasteiger partial charge in [0, 0.05) is 22.5 Å². The Morgan fingerprint density at radius 2 is 1.45 bits per heavy atom. The van der Waals surface area contributed by atoms with Crippen LogP contribution >= 0.6 is 0 Å². The number of carbonyl (C=O) groups is 2. The van der Waals surface area contributed by atoms with Gasteiger partial charge < -0.3 is 20.1 Å². The van der Waals surface area contributed by atoms with Crippen LogP contribution in [0.4, 0.5) is 24.5 Å². The lowest BCUT2D eigenvalue weighted by molar-refractivity contribution is -0.137. The third-order valence-electron chi connectivity index (χ3n) is 4.84. The summed E-state index contributed by atoms with van der Waals surface area (Å²) in [5, 5.41) is 5.32. The number of carbonyl (C=O) groups excluding carboxylic acids is 2. The maximum Gasteiger partial charge on any atom is 0.416 e. The minimum absolute atomic E-state index is 0.138. The zero-order chi connectivity index (χ0) is 24.2. The number of benzene rings is 3. The Labute approximate surface area is 188 Å². The normalized spacial score (nSPS) is 11.0. The van der Waals surface area contributed by atoms with Gasteiger partial charge >= 0.3 is 6.18 Å². The molecule has 2 N–H and O–H groups in total. The van der Waals surface area contributed by atoms with E-state index < -0.39 is 23.6 Å². The Morgan fingerprint density at radius 3 is 2.12 bits per heavy atom. The van der Waals surface area contributed by atoms with Crippen molar-refractivity contribution in [3.05, 3.63) is 82.9 Å². The van der Waals surface area contributed by atoms with Gasteiger partial charge in [-0.1, -0.05) is 12.1 Å². The van der Waals surface area contributed by atoms with Crippen molar-refractivity contribution in [2.75, 3.05) is 24.9 Å². The Balaban J connectivity index is 1.79. The summed E-state index contributed by atoms with van der Waals surface area (Å²) in [7, 11) is 2.94. The molecule has 0 spiro atoms. The number of aryl methyl sites for hydroxylation is 1. The second kappa shape index (κ2) is 9.64. The molecule has 9 heteroatoms. The third kappa shape index (κ3) is 5.62. The number of ether oxygens (including phenoxy) is 2. The van der Waals surface area contributed by atoms with Crippen molar-refractivity contribution in [2.45, 2.75) is 13.1 Å². The Kier molecular flexibility index (Phi) is 6.91. The number of halogens is 3. The fraction of sp³-hybridized carbons (Fsp3) is 0.167.